The van der Waals surface area contributed by atoms with Crippen LogP contribution in [0.4, 0.5) is 11.4 Å². The fraction of sp³-hybridized carbons (Fsp3) is 0.381. The summed E-state index contributed by atoms with van der Waals surface area (Å²) in [6.45, 7) is 2.22. The second-order valence-electron chi connectivity index (χ2n) is 7.29. The zero-order valence-electron chi connectivity index (χ0n) is 14.3. The van der Waals surface area contributed by atoms with Gasteiger partial charge in [-0.05, 0) is 43.9 Å². The van der Waals surface area contributed by atoms with Crippen LogP contribution in [0.5, 0.6) is 0 Å². The summed E-state index contributed by atoms with van der Waals surface area (Å²) in [5, 5.41) is 3.66. The van der Waals surface area contributed by atoms with E-state index in [4.69, 9.17) is 0 Å². The summed E-state index contributed by atoms with van der Waals surface area (Å²) >= 11 is 0. The van der Waals surface area contributed by atoms with Gasteiger partial charge in [-0.3, -0.25) is 4.79 Å². The van der Waals surface area contributed by atoms with Gasteiger partial charge in [-0.2, -0.15) is 0 Å². The fourth-order valence-corrected chi connectivity index (χ4v) is 4.19. The Balaban J connectivity index is 1.60. The molecule has 0 radical (unpaired) electrons. The number of anilines is 2. The molecule has 2 aliphatic heterocycles. The Morgan fingerprint density at radius 1 is 0.920 bits per heavy atom. The lowest BCUT2D eigenvalue weighted by molar-refractivity contribution is 0.0667. The maximum absolute atomic E-state index is 13.2. The van der Waals surface area contributed by atoms with Gasteiger partial charge in [0.05, 0.1) is 5.56 Å². The van der Waals surface area contributed by atoms with Crippen LogP contribution in [0, 0.1) is 0 Å². The topological polar surface area (TPSA) is 35.6 Å². The second kappa shape index (κ2) is 5.80. The van der Waals surface area contributed by atoms with Gasteiger partial charge >= 0.3 is 0 Å². The minimum atomic E-state index is -0.0771. The molecular formula is C21H23N3O. The van der Waals surface area contributed by atoms with Crippen molar-refractivity contribution >= 4 is 17.3 Å². The first-order valence-electron chi connectivity index (χ1n) is 9.35. The SMILES string of the molecule is O=C1c2ccccc2N[C@@H](c2ccccc2N2CCCC2)N1C1CC1. The molecule has 1 amide bonds. The summed E-state index contributed by atoms with van der Waals surface area (Å²) < 4.78 is 0. The van der Waals surface area contributed by atoms with Gasteiger partial charge in [-0.1, -0.05) is 30.3 Å². The molecule has 1 saturated carbocycles. The zero-order valence-corrected chi connectivity index (χ0v) is 14.3. The highest BCUT2D eigenvalue weighted by molar-refractivity contribution is 6.02. The van der Waals surface area contributed by atoms with Crippen LogP contribution in [0.2, 0.25) is 0 Å². The number of benzene rings is 2. The molecule has 25 heavy (non-hydrogen) atoms. The number of para-hydroxylation sites is 2. The summed E-state index contributed by atoms with van der Waals surface area (Å²) in [5.74, 6) is 0.165. The van der Waals surface area contributed by atoms with Crippen molar-refractivity contribution in [2.24, 2.45) is 0 Å². The van der Waals surface area contributed by atoms with Gasteiger partial charge in [0.15, 0.2) is 0 Å². The van der Waals surface area contributed by atoms with Gasteiger partial charge in [0.2, 0.25) is 0 Å². The van der Waals surface area contributed by atoms with Gasteiger partial charge in [0, 0.05) is 36.1 Å². The van der Waals surface area contributed by atoms with E-state index in [2.05, 4.69) is 39.4 Å². The van der Waals surface area contributed by atoms with Gasteiger partial charge in [-0.25, -0.2) is 0 Å². The monoisotopic (exact) mass is 333 g/mol. The largest absolute Gasteiger partial charge is 0.371 e. The van der Waals surface area contributed by atoms with E-state index in [1.165, 1.54) is 24.1 Å². The highest BCUT2D eigenvalue weighted by atomic mass is 16.2. The summed E-state index contributed by atoms with van der Waals surface area (Å²) in [5.41, 5.74) is 4.24. The molecule has 0 unspecified atom stereocenters. The molecule has 4 nitrogen and oxygen atoms in total. The van der Waals surface area contributed by atoms with Crippen LogP contribution in [0.15, 0.2) is 48.5 Å². The third-order valence-electron chi connectivity index (χ3n) is 5.58. The third-order valence-corrected chi connectivity index (χ3v) is 5.58. The molecule has 128 valence electrons. The summed E-state index contributed by atoms with van der Waals surface area (Å²) in [6.07, 6.45) is 4.64. The number of hydrogen-bond donors (Lipinski definition) is 1. The number of hydrogen-bond acceptors (Lipinski definition) is 3. The summed E-state index contributed by atoms with van der Waals surface area (Å²) in [4.78, 5) is 17.7. The molecule has 2 fully saturated rings. The molecule has 0 aromatic heterocycles. The number of amides is 1. The lowest BCUT2D eigenvalue weighted by Gasteiger charge is -2.40. The third kappa shape index (κ3) is 2.48. The molecule has 3 aliphatic rings. The molecule has 2 heterocycles. The minimum Gasteiger partial charge on any atom is -0.371 e. The molecule has 1 aliphatic carbocycles. The maximum Gasteiger partial charge on any atom is 0.258 e. The zero-order chi connectivity index (χ0) is 16.8. The Kier molecular flexibility index (Phi) is 3.44. The number of nitrogens with one attached hydrogen (secondary N) is 1. The van der Waals surface area contributed by atoms with Crippen molar-refractivity contribution in [3.05, 3.63) is 59.7 Å². The van der Waals surface area contributed by atoms with Crippen LogP contribution in [0.25, 0.3) is 0 Å². The second-order valence-corrected chi connectivity index (χ2v) is 7.29. The smallest absolute Gasteiger partial charge is 0.258 e. The highest BCUT2D eigenvalue weighted by Gasteiger charge is 2.42. The average molecular weight is 333 g/mol. The Morgan fingerprint density at radius 3 is 2.44 bits per heavy atom. The molecule has 5 rings (SSSR count). The van der Waals surface area contributed by atoms with Crippen LogP contribution >= 0.6 is 0 Å². The van der Waals surface area contributed by atoms with Crippen molar-refractivity contribution in [3.8, 4) is 0 Å². The number of nitrogens with zero attached hydrogens (tertiary/aromatic N) is 2. The molecule has 0 bridgehead atoms. The van der Waals surface area contributed by atoms with Crippen molar-refractivity contribution in [1.82, 2.24) is 4.90 Å². The van der Waals surface area contributed by atoms with E-state index >= 15 is 0 Å². The molecule has 2 aromatic rings. The number of rotatable bonds is 3. The lowest BCUT2D eigenvalue weighted by Crippen LogP contribution is -2.44. The van der Waals surface area contributed by atoms with Crippen LogP contribution in [-0.4, -0.2) is 29.9 Å². The predicted octanol–water partition coefficient (Wildman–Crippen LogP) is 4.02. The lowest BCUT2D eigenvalue weighted by atomic mass is 10.0. The van der Waals surface area contributed by atoms with E-state index in [-0.39, 0.29) is 12.1 Å². The Morgan fingerprint density at radius 2 is 1.64 bits per heavy atom. The van der Waals surface area contributed by atoms with E-state index in [0.29, 0.717) is 6.04 Å². The molecule has 2 aromatic carbocycles. The van der Waals surface area contributed by atoms with Crippen molar-refractivity contribution in [2.75, 3.05) is 23.3 Å². The quantitative estimate of drug-likeness (QED) is 0.921. The van der Waals surface area contributed by atoms with E-state index in [0.717, 1.165) is 37.2 Å². The number of carbonyl (C=O) groups excluding carboxylic acids is 1. The Hall–Kier alpha value is -2.49. The van der Waals surface area contributed by atoms with E-state index < -0.39 is 0 Å². The van der Waals surface area contributed by atoms with Crippen molar-refractivity contribution in [3.63, 3.8) is 0 Å². The molecule has 1 atom stereocenters. The molecule has 1 saturated heterocycles. The maximum atomic E-state index is 13.2. The summed E-state index contributed by atoms with van der Waals surface area (Å²) in [7, 11) is 0. The average Bonchev–Trinajstić information content (AvgIpc) is 3.34. The van der Waals surface area contributed by atoms with Crippen molar-refractivity contribution in [2.45, 2.75) is 37.9 Å². The fourth-order valence-electron chi connectivity index (χ4n) is 4.19. The normalized spacial score (nSPS) is 22.7. The number of carbonyl (C=O) groups is 1. The Bertz CT molecular complexity index is 808. The molecule has 1 N–H and O–H groups in total. The van der Waals surface area contributed by atoms with E-state index in [1.807, 2.05) is 24.3 Å². The molecule has 4 heteroatoms. The van der Waals surface area contributed by atoms with Crippen molar-refractivity contribution < 1.29 is 4.79 Å². The first-order valence-corrected chi connectivity index (χ1v) is 9.35. The molecule has 0 spiro atoms. The van der Waals surface area contributed by atoms with E-state index in [9.17, 15) is 4.79 Å². The van der Waals surface area contributed by atoms with Crippen LogP contribution < -0.4 is 10.2 Å². The first kappa shape index (κ1) is 14.8. The standard InChI is InChI=1S/C21H23N3O/c25-21-16-7-1-3-9-18(16)22-20(24(21)15-11-12-15)17-8-2-4-10-19(17)23-13-5-6-14-23/h1-4,7-10,15,20,22H,5-6,11-14H2/t20-/m1/s1. The minimum absolute atomic E-state index is 0.0771. The van der Waals surface area contributed by atoms with Crippen LogP contribution in [0.3, 0.4) is 0 Å². The predicted molar refractivity (Wildman–Crippen MR) is 99.9 cm³/mol. The molecular weight excluding hydrogens is 310 g/mol. The van der Waals surface area contributed by atoms with Crippen molar-refractivity contribution in [1.29, 1.82) is 0 Å². The van der Waals surface area contributed by atoms with Gasteiger partial charge < -0.3 is 15.1 Å². The highest BCUT2D eigenvalue weighted by Crippen LogP contribution is 2.43. The van der Waals surface area contributed by atoms with Crippen LogP contribution in [0.1, 0.15) is 47.8 Å². The summed E-state index contributed by atoms with van der Waals surface area (Å²) in [6, 6.07) is 16.8. The first-order chi connectivity index (χ1) is 12.3. The van der Waals surface area contributed by atoms with E-state index in [1.54, 1.807) is 0 Å². The van der Waals surface area contributed by atoms with Gasteiger partial charge in [-0.15, -0.1) is 0 Å². The Labute approximate surface area is 148 Å². The van der Waals surface area contributed by atoms with Crippen LogP contribution in [-0.2, 0) is 0 Å². The number of fused-ring (bicyclic) bond motifs is 1. The van der Waals surface area contributed by atoms with Gasteiger partial charge in [0.1, 0.15) is 6.17 Å². The van der Waals surface area contributed by atoms with Gasteiger partial charge in [0.25, 0.3) is 5.91 Å².